The first-order chi connectivity index (χ1) is 5.65. The molecule has 0 saturated carbocycles. The maximum Gasteiger partial charge on any atom is 0.121 e. The molecule has 0 saturated heterocycles. The van der Waals surface area contributed by atoms with Gasteiger partial charge >= 0.3 is 0 Å². The highest BCUT2D eigenvalue weighted by Gasteiger charge is 2.02. The zero-order valence-corrected chi connectivity index (χ0v) is 8.53. The second kappa shape index (κ2) is 3.85. The predicted octanol–water partition coefficient (Wildman–Crippen LogP) is 3.12. The molecule has 0 unspecified atom stereocenters. The second-order valence-electron chi connectivity index (χ2n) is 2.84. The van der Waals surface area contributed by atoms with E-state index in [1.165, 1.54) is 4.90 Å². The van der Waals surface area contributed by atoms with Gasteiger partial charge < -0.3 is 5.11 Å². The lowest BCUT2D eigenvalue weighted by Crippen LogP contribution is -1.82. The van der Waals surface area contributed by atoms with Crippen molar-refractivity contribution in [2.24, 2.45) is 0 Å². The number of phenolic OH excluding ortho intramolecular Hbond substituents is 1. The van der Waals surface area contributed by atoms with Crippen LogP contribution in [0.15, 0.2) is 17.0 Å². The van der Waals surface area contributed by atoms with Gasteiger partial charge in [0.15, 0.2) is 0 Å². The topological polar surface area (TPSA) is 20.2 Å². The summed E-state index contributed by atoms with van der Waals surface area (Å²) in [7, 11) is 0. The maximum absolute atomic E-state index is 9.49. The maximum atomic E-state index is 9.49. The first-order valence-corrected chi connectivity index (χ1v) is 5.06. The zero-order chi connectivity index (χ0) is 9.14. The summed E-state index contributed by atoms with van der Waals surface area (Å²) in [5.41, 5.74) is 1.93. The van der Waals surface area contributed by atoms with Gasteiger partial charge in [-0.2, -0.15) is 0 Å². The number of aryl methyl sites for hydroxylation is 2. The summed E-state index contributed by atoms with van der Waals surface area (Å²) in [5.74, 6) is 1.50. The average molecular weight is 182 g/mol. The van der Waals surface area contributed by atoms with Crippen LogP contribution >= 0.6 is 11.8 Å². The number of thioether (sulfide) groups is 1. The lowest BCUT2D eigenvalue weighted by atomic mass is 10.1. The van der Waals surface area contributed by atoms with Crippen molar-refractivity contribution in [2.45, 2.75) is 25.7 Å². The third-order valence-corrected chi connectivity index (χ3v) is 2.63. The molecule has 0 aliphatic heterocycles. The molecule has 1 N–H and O–H groups in total. The van der Waals surface area contributed by atoms with Crippen molar-refractivity contribution in [2.75, 3.05) is 5.75 Å². The van der Waals surface area contributed by atoms with Gasteiger partial charge in [-0.3, -0.25) is 0 Å². The van der Waals surface area contributed by atoms with Crippen molar-refractivity contribution in [1.82, 2.24) is 0 Å². The summed E-state index contributed by atoms with van der Waals surface area (Å²) in [6, 6.07) is 4.05. The normalized spacial score (nSPS) is 10.2. The van der Waals surface area contributed by atoms with E-state index < -0.39 is 0 Å². The molecule has 1 rings (SSSR count). The smallest absolute Gasteiger partial charge is 0.121 e. The highest BCUT2D eigenvalue weighted by molar-refractivity contribution is 7.99. The fourth-order valence-electron chi connectivity index (χ4n) is 1.17. The van der Waals surface area contributed by atoms with Gasteiger partial charge in [-0.25, -0.2) is 0 Å². The Kier molecular flexibility index (Phi) is 3.04. The Morgan fingerprint density at radius 3 is 2.17 bits per heavy atom. The molecule has 1 nitrogen and oxygen atoms in total. The highest BCUT2D eigenvalue weighted by atomic mass is 32.2. The molecular weight excluding hydrogens is 168 g/mol. The van der Waals surface area contributed by atoms with Crippen LogP contribution in [0.1, 0.15) is 18.1 Å². The second-order valence-corrected chi connectivity index (χ2v) is 4.18. The average Bonchev–Trinajstić information content (AvgIpc) is 2.01. The van der Waals surface area contributed by atoms with Crippen molar-refractivity contribution in [3.63, 3.8) is 0 Å². The van der Waals surface area contributed by atoms with Gasteiger partial charge in [0, 0.05) is 4.90 Å². The number of rotatable bonds is 2. The van der Waals surface area contributed by atoms with Crippen LogP contribution in [0.2, 0.25) is 0 Å². The van der Waals surface area contributed by atoms with Crippen LogP contribution in [0.25, 0.3) is 0 Å². The van der Waals surface area contributed by atoms with Crippen LogP contribution in [-0.4, -0.2) is 10.9 Å². The standard InChI is InChI=1S/C10H14OS/c1-4-12-9-5-7(2)10(11)8(3)6-9/h5-6,11H,4H2,1-3H3. The highest BCUT2D eigenvalue weighted by Crippen LogP contribution is 2.28. The monoisotopic (exact) mass is 182 g/mol. The molecule has 2 heteroatoms. The van der Waals surface area contributed by atoms with Crippen LogP contribution in [0.3, 0.4) is 0 Å². The van der Waals surface area contributed by atoms with Crippen molar-refractivity contribution >= 4 is 11.8 Å². The number of phenols is 1. The van der Waals surface area contributed by atoms with Gasteiger partial charge in [0.1, 0.15) is 5.75 Å². The Morgan fingerprint density at radius 1 is 1.25 bits per heavy atom. The van der Waals surface area contributed by atoms with Gasteiger partial charge in [-0.1, -0.05) is 6.92 Å². The quantitative estimate of drug-likeness (QED) is 0.709. The molecule has 0 spiro atoms. The summed E-state index contributed by atoms with van der Waals surface area (Å²) >= 11 is 1.80. The molecule has 0 atom stereocenters. The van der Waals surface area contributed by atoms with Crippen LogP contribution in [0, 0.1) is 13.8 Å². The van der Waals surface area contributed by atoms with E-state index in [1.54, 1.807) is 11.8 Å². The minimum Gasteiger partial charge on any atom is -0.507 e. The number of hydrogen-bond acceptors (Lipinski definition) is 2. The first-order valence-electron chi connectivity index (χ1n) is 4.08. The van der Waals surface area contributed by atoms with E-state index in [9.17, 15) is 5.11 Å². The van der Waals surface area contributed by atoms with Crippen LogP contribution in [0.5, 0.6) is 5.75 Å². The molecule has 1 aromatic rings. The minimum atomic E-state index is 0.426. The molecule has 0 aliphatic carbocycles. The number of aromatic hydroxyl groups is 1. The Hall–Kier alpha value is -0.630. The summed E-state index contributed by atoms with van der Waals surface area (Å²) in [5, 5.41) is 9.49. The lowest BCUT2D eigenvalue weighted by Gasteiger charge is -2.05. The largest absolute Gasteiger partial charge is 0.507 e. The Morgan fingerprint density at radius 2 is 1.75 bits per heavy atom. The summed E-state index contributed by atoms with van der Waals surface area (Å²) in [4.78, 5) is 1.24. The van der Waals surface area contributed by atoms with E-state index in [1.807, 2.05) is 26.0 Å². The Bertz CT molecular complexity index is 258. The van der Waals surface area contributed by atoms with Gasteiger partial charge in [-0.05, 0) is 42.9 Å². The van der Waals surface area contributed by atoms with Crippen molar-refractivity contribution in [3.8, 4) is 5.75 Å². The van der Waals surface area contributed by atoms with E-state index in [2.05, 4.69) is 6.92 Å². The van der Waals surface area contributed by atoms with Gasteiger partial charge in [0.25, 0.3) is 0 Å². The SMILES string of the molecule is CCSc1cc(C)c(O)c(C)c1. The molecule has 0 fully saturated rings. The van der Waals surface area contributed by atoms with Crippen molar-refractivity contribution < 1.29 is 5.11 Å². The van der Waals surface area contributed by atoms with Gasteiger partial charge in [-0.15, -0.1) is 11.8 Å². The lowest BCUT2D eigenvalue weighted by molar-refractivity contribution is 0.466. The number of benzene rings is 1. The fourth-order valence-corrected chi connectivity index (χ4v) is 2.02. The van der Waals surface area contributed by atoms with Crippen LogP contribution in [0.4, 0.5) is 0 Å². The summed E-state index contributed by atoms with van der Waals surface area (Å²) in [6.45, 7) is 5.99. The van der Waals surface area contributed by atoms with E-state index >= 15 is 0 Å². The van der Waals surface area contributed by atoms with Crippen molar-refractivity contribution in [1.29, 1.82) is 0 Å². The molecule has 1 aromatic carbocycles. The minimum absolute atomic E-state index is 0.426. The molecule has 0 amide bonds. The zero-order valence-electron chi connectivity index (χ0n) is 7.72. The van der Waals surface area contributed by atoms with E-state index in [-0.39, 0.29) is 0 Å². The Labute approximate surface area is 77.8 Å². The van der Waals surface area contributed by atoms with E-state index in [0.29, 0.717) is 5.75 Å². The molecule has 12 heavy (non-hydrogen) atoms. The predicted molar refractivity (Wildman–Crippen MR) is 54.0 cm³/mol. The van der Waals surface area contributed by atoms with E-state index in [4.69, 9.17) is 0 Å². The third-order valence-electron chi connectivity index (χ3n) is 1.78. The van der Waals surface area contributed by atoms with Crippen LogP contribution < -0.4 is 0 Å². The third kappa shape index (κ3) is 1.95. The first kappa shape index (κ1) is 9.46. The Balaban J connectivity index is 3.04. The van der Waals surface area contributed by atoms with Gasteiger partial charge in [0.2, 0.25) is 0 Å². The molecule has 0 aromatic heterocycles. The molecule has 0 bridgehead atoms. The van der Waals surface area contributed by atoms with Gasteiger partial charge in [0.05, 0.1) is 0 Å². The summed E-state index contributed by atoms with van der Waals surface area (Å²) in [6.07, 6.45) is 0. The molecule has 0 radical (unpaired) electrons. The molecule has 0 heterocycles. The molecule has 0 aliphatic rings. The van der Waals surface area contributed by atoms with Crippen LogP contribution in [-0.2, 0) is 0 Å². The van der Waals surface area contributed by atoms with Crippen molar-refractivity contribution in [3.05, 3.63) is 23.3 Å². The summed E-state index contributed by atoms with van der Waals surface area (Å²) < 4.78 is 0. The molecular formula is C10H14OS. The molecule has 66 valence electrons. The van der Waals surface area contributed by atoms with E-state index in [0.717, 1.165) is 16.9 Å². The number of hydrogen-bond donors (Lipinski definition) is 1. The fraction of sp³-hybridized carbons (Fsp3) is 0.400.